The van der Waals surface area contributed by atoms with Crippen LogP contribution in [-0.4, -0.2) is 26.0 Å². The van der Waals surface area contributed by atoms with Gasteiger partial charge in [-0.25, -0.2) is 4.79 Å². The van der Waals surface area contributed by atoms with Crippen LogP contribution >= 0.6 is 0 Å². The Hall–Kier alpha value is -3.56. The molecule has 146 valence electrons. The Balaban J connectivity index is 1.35. The standard InChI is InChI=1S/C23H19NO5/c1-26-19-10-9-16-11-18(8-7-17(16)12-19)20(13-24)29-23(25)27-14-21-22(28-21)15-5-3-2-4-6-15/h2-12,20-22H,14H2,1H3/t20?,21-,22-/m0/s1. The fourth-order valence-electron chi connectivity index (χ4n) is 3.19. The summed E-state index contributed by atoms with van der Waals surface area (Å²) >= 11 is 0. The van der Waals surface area contributed by atoms with E-state index in [1.807, 2.05) is 66.7 Å². The van der Waals surface area contributed by atoms with Crippen molar-refractivity contribution in [3.05, 3.63) is 77.9 Å². The molecule has 0 aliphatic carbocycles. The fraction of sp³-hybridized carbons (Fsp3) is 0.217. The first-order valence-electron chi connectivity index (χ1n) is 9.19. The zero-order valence-electron chi connectivity index (χ0n) is 15.8. The summed E-state index contributed by atoms with van der Waals surface area (Å²) in [5, 5.41) is 11.3. The molecule has 4 rings (SSSR count). The Morgan fingerprint density at radius 3 is 2.62 bits per heavy atom. The largest absolute Gasteiger partial charge is 0.510 e. The number of epoxide rings is 1. The number of ether oxygens (including phenoxy) is 4. The molecule has 1 heterocycles. The van der Waals surface area contributed by atoms with Gasteiger partial charge < -0.3 is 18.9 Å². The molecule has 1 unspecified atom stereocenters. The Labute approximate surface area is 168 Å². The average Bonchev–Trinajstić information content (AvgIpc) is 3.55. The number of methoxy groups -OCH3 is 1. The van der Waals surface area contributed by atoms with Gasteiger partial charge in [-0.1, -0.05) is 48.5 Å². The summed E-state index contributed by atoms with van der Waals surface area (Å²) in [5.41, 5.74) is 1.61. The Kier molecular flexibility index (Phi) is 5.32. The maximum atomic E-state index is 12.0. The van der Waals surface area contributed by atoms with Crippen LogP contribution in [0.3, 0.4) is 0 Å². The average molecular weight is 389 g/mol. The third-order valence-corrected chi connectivity index (χ3v) is 4.78. The lowest BCUT2D eigenvalue weighted by Gasteiger charge is -2.12. The molecule has 0 spiro atoms. The number of rotatable bonds is 6. The van der Waals surface area contributed by atoms with Gasteiger partial charge in [0.2, 0.25) is 6.10 Å². The first-order chi connectivity index (χ1) is 14.2. The van der Waals surface area contributed by atoms with E-state index in [4.69, 9.17) is 18.9 Å². The Bertz CT molecular complexity index is 1060. The van der Waals surface area contributed by atoms with Crippen LogP contribution in [0.25, 0.3) is 10.8 Å². The SMILES string of the molecule is COc1ccc2cc(C(C#N)OC(=O)OC[C@@H]3O[C@H]3c3ccccc3)ccc2c1. The lowest BCUT2D eigenvalue weighted by Crippen LogP contribution is -2.15. The molecular formula is C23H19NO5. The lowest BCUT2D eigenvalue weighted by atomic mass is 10.0. The van der Waals surface area contributed by atoms with Gasteiger partial charge in [0, 0.05) is 5.56 Å². The van der Waals surface area contributed by atoms with Gasteiger partial charge in [0.1, 0.15) is 30.6 Å². The van der Waals surface area contributed by atoms with Crippen LogP contribution < -0.4 is 4.74 Å². The molecule has 6 heteroatoms. The molecule has 1 saturated heterocycles. The first-order valence-corrected chi connectivity index (χ1v) is 9.19. The van der Waals surface area contributed by atoms with Crippen LogP contribution in [0.5, 0.6) is 5.75 Å². The van der Waals surface area contributed by atoms with Gasteiger partial charge >= 0.3 is 6.16 Å². The van der Waals surface area contributed by atoms with Crippen molar-refractivity contribution in [3.8, 4) is 11.8 Å². The summed E-state index contributed by atoms with van der Waals surface area (Å²) < 4.78 is 21.1. The number of carbonyl (C=O) groups is 1. The second-order valence-electron chi connectivity index (χ2n) is 6.67. The van der Waals surface area contributed by atoms with Crippen LogP contribution in [0.2, 0.25) is 0 Å². The summed E-state index contributed by atoms with van der Waals surface area (Å²) in [7, 11) is 1.61. The van der Waals surface area contributed by atoms with Crippen molar-refractivity contribution in [1.29, 1.82) is 5.26 Å². The highest BCUT2D eigenvalue weighted by Gasteiger charge is 2.41. The van der Waals surface area contributed by atoms with Gasteiger partial charge in [-0.3, -0.25) is 0 Å². The van der Waals surface area contributed by atoms with Crippen LogP contribution in [-0.2, 0) is 14.2 Å². The normalized spacial score (nSPS) is 18.5. The molecule has 0 bridgehead atoms. The number of nitriles is 1. The predicted octanol–water partition coefficient (Wildman–Crippen LogP) is 4.71. The minimum Gasteiger partial charge on any atom is -0.497 e. The molecule has 0 amide bonds. The number of hydrogen-bond acceptors (Lipinski definition) is 6. The van der Waals surface area contributed by atoms with E-state index >= 15 is 0 Å². The highest BCUT2D eigenvalue weighted by Crippen LogP contribution is 2.38. The van der Waals surface area contributed by atoms with E-state index in [1.165, 1.54) is 0 Å². The monoisotopic (exact) mass is 389 g/mol. The van der Waals surface area contributed by atoms with Crippen molar-refractivity contribution in [1.82, 2.24) is 0 Å². The van der Waals surface area contributed by atoms with Gasteiger partial charge in [-0.15, -0.1) is 0 Å². The molecule has 0 N–H and O–H groups in total. The molecular weight excluding hydrogens is 370 g/mol. The highest BCUT2D eigenvalue weighted by atomic mass is 16.7. The van der Waals surface area contributed by atoms with E-state index in [0.717, 1.165) is 22.1 Å². The second-order valence-corrected chi connectivity index (χ2v) is 6.67. The van der Waals surface area contributed by atoms with Crippen LogP contribution in [0.15, 0.2) is 66.7 Å². The number of hydrogen-bond donors (Lipinski definition) is 0. The molecule has 1 aliphatic heterocycles. The summed E-state index contributed by atoms with van der Waals surface area (Å²) in [6, 6.07) is 22.7. The van der Waals surface area contributed by atoms with Crippen LogP contribution in [0.1, 0.15) is 23.3 Å². The van der Waals surface area contributed by atoms with E-state index in [2.05, 4.69) is 0 Å². The molecule has 3 aromatic carbocycles. The zero-order chi connectivity index (χ0) is 20.2. The van der Waals surface area contributed by atoms with Crippen molar-refractivity contribution < 1.29 is 23.7 Å². The van der Waals surface area contributed by atoms with Crippen molar-refractivity contribution in [3.63, 3.8) is 0 Å². The molecule has 3 aromatic rings. The van der Waals surface area contributed by atoms with Crippen molar-refractivity contribution in [2.24, 2.45) is 0 Å². The quantitative estimate of drug-likeness (QED) is 0.449. The summed E-state index contributed by atoms with van der Waals surface area (Å²) in [5.74, 6) is 0.748. The second kappa shape index (κ2) is 8.21. The maximum absolute atomic E-state index is 12.0. The first kappa shape index (κ1) is 18.8. The third-order valence-electron chi connectivity index (χ3n) is 4.78. The zero-order valence-corrected chi connectivity index (χ0v) is 15.8. The Morgan fingerprint density at radius 1 is 1.10 bits per heavy atom. The van der Waals surface area contributed by atoms with E-state index in [-0.39, 0.29) is 18.8 Å². The Morgan fingerprint density at radius 2 is 1.86 bits per heavy atom. The van der Waals surface area contributed by atoms with Crippen LogP contribution in [0, 0.1) is 11.3 Å². The number of fused-ring (bicyclic) bond motifs is 1. The molecule has 29 heavy (non-hydrogen) atoms. The summed E-state index contributed by atoms with van der Waals surface area (Å²) in [6.45, 7) is 0.0774. The highest BCUT2D eigenvalue weighted by molar-refractivity contribution is 5.84. The molecule has 1 fully saturated rings. The van der Waals surface area contributed by atoms with Crippen LogP contribution in [0.4, 0.5) is 4.79 Å². The van der Waals surface area contributed by atoms with Gasteiger partial charge in [0.15, 0.2) is 0 Å². The number of carbonyl (C=O) groups excluding carboxylic acids is 1. The van der Waals surface area contributed by atoms with Gasteiger partial charge in [0.25, 0.3) is 0 Å². The van der Waals surface area contributed by atoms with Crippen molar-refractivity contribution in [2.45, 2.75) is 18.3 Å². The van der Waals surface area contributed by atoms with Crippen molar-refractivity contribution >= 4 is 16.9 Å². The third kappa shape index (κ3) is 4.31. The minimum absolute atomic E-state index is 0.0757. The van der Waals surface area contributed by atoms with Gasteiger partial charge in [-0.05, 0) is 34.5 Å². The van der Waals surface area contributed by atoms with Gasteiger partial charge in [-0.2, -0.15) is 5.26 Å². The molecule has 1 aliphatic rings. The van der Waals surface area contributed by atoms with E-state index in [9.17, 15) is 10.1 Å². The number of nitrogens with zero attached hydrogens (tertiary/aromatic N) is 1. The summed E-state index contributed by atoms with van der Waals surface area (Å²) in [6.07, 6.45) is -2.22. The molecule has 3 atom stereocenters. The number of benzene rings is 3. The molecule has 0 radical (unpaired) electrons. The predicted molar refractivity (Wildman–Crippen MR) is 105 cm³/mol. The van der Waals surface area contributed by atoms with Crippen molar-refractivity contribution in [2.75, 3.05) is 13.7 Å². The van der Waals surface area contributed by atoms with Gasteiger partial charge in [0.05, 0.1) is 7.11 Å². The van der Waals surface area contributed by atoms with E-state index < -0.39 is 12.3 Å². The molecule has 0 saturated carbocycles. The maximum Gasteiger partial charge on any atom is 0.510 e. The molecule has 6 nitrogen and oxygen atoms in total. The van der Waals surface area contributed by atoms with E-state index in [0.29, 0.717) is 5.56 Å². The minimum atomic E-state index is -1.06. The molecule has 0 aromatic heterocycles. The topological polar surface area (TPSA) is 81.1 Å². The lowest BCUT2D eigenvalue weighted by molar-refractivity contribution is 0.0347. The summed E-state index contributed by atoms with van der Waals surface area (Å²) in [4.78, 5) is 12.0. The smallest absolute Gasteiger partial charge is 0.497 e. The fourth-order valence-corrected chi connectivity index (χ4v) is 3.19. The van der Waals surface area contributed by atoms with E-state index in [1.54, 1.807) is 13.2 Å².